The Morgan fingerprint density at radius 2 is 2.04 bits per heavy atom. The molecule has 1 atom stereocenters. The van der Waals surface area contributed by atoms with Gasteiger partial charge in [0.15, 0.2) is 0 Å². The van der Waals surface area contributed by atoms with E-state index in [9.17, 15) is 18.5 Å². The lowest BCUT2D eigenvalue weighted by atomic mass is 10.1. The maximum Gasteiger partial charge on any atom is 0.293 e. The minimum atomic E-state index is -3.71. The molecule has 0 heterocycles. The van der Waals surface area contributed by atoms with Crippen LogP contribution in [0.3, 0.4) is 0 Å². The molecular formula is C14H22N4O4S. The Morgan fingerprint density at radius 1 is 1.39 bits per heavy atom. The van der Waals surface area contributed by atoms with Crippen LogP contribution in [-0.2, 0) is 10.0 Å². The first kappa shape index (κ1) is 17.6. The molecule has 9 heteroatoms. The molecule has 0 radical (unpaired) electrons. The van der Waals surface area contributed by atoms with Crippen LogP contribution in [-0.4, -0.2) is 52.0 Å². The van der Waals surface area contributed by atoms with Gasteiger partial charge in [-0.3, -0.25) is 10.1 Å². The zero-order chi connectivity index (χ0) is 17.2. The molecule has 0 unspecified atom stereocenters. The summed E-state index contributed by atoms with van der Waals surface area (Å²) in [5, 5.41) is 14.3. The van der Waals surface area contributed by atoms with Crippen LogP contribution >= 0.6 is 0 Å². The summed E-state index contributed by atoms with van der Waals surface area (Å²) in [7, 11) is 1.53. The Hall–Kier alpha value is -1.71. The van der Waals surface area contributed by atoms with Gasteiger partial charge < -0.3 is 10.2 Å². The zero-order valence-corrected chi connectivity index (χ0v) is 14.3. The fourth-order valence-corrected chi connectivity index (χ4v) is 3.31. The third-order valence-corrected chi connectivity index (χ3v) is 5.49. The van der Waals surface area contributed by atoms with Crippen molar-refractivity contribution in [3.05, 3.63) is 28.3 Å². The van der Waals surface area contributed by atoms with Crippen molar-refractivity contribution >= 4 is 21.4 Å². The van der Waals surface area contributed by atoms with Gasteiger partial charge in [-0.05, 0) is 52.0 Å². The van der Waals surface area contributed by atoms with Crippen molar-refractivity contribution in [3.63, 3.8) is 0 Å². The van der Waals surface area contributed by atoms with Crippen molar-refractivity contribution < 1.29 is 13.3 Å². The van der Waals surface area contributed by atoms with Gasteiger partial charge >= 0.3 is 0 Å². The predicted molar refractivity (Wildman–Crippen MR) is 88.0 cm³/mol. The molecule has 0 aliphatic heterocycles. The first-order chi connectivity index (χ1) is 10.8. The lowest BCUT2D eigenvalue weighted by molar-refractivity contribution is -0.384. The Balaban J connectivity index is 2.23. The van der Waals surface area contributed by atoms with Crippen LogP contribution in [0.2, 0.25) is 0 Å². The first-order valence-corrected chi connectivity index (χ1v) is 8.87. The van der Waals surface area contributed by atoms with Crippen molar-refractivity contribution in [2.45, 2.75) is 23.8 Å². The predicted octanol–water partition coefficient (Wildman–Crippen LogP) is 1.25. The summed E-state index contributed by atoms with van der Waals surface area (Å²) in [6.45, 7) is 0.580. The van der Waals surface area contributed by atoms with E-state index in [0.717, 1.165) is 6.07 Å². The van der Waals surface area contributed by atoms with Crippen molar-refractivity contribution in [1.29, 1.82) is 0 Å². The molecule has 2 rings (SSSR count). The molecule has 1 aliphatic carbocycles. The van der Waals surface area contributed by atoms with Crippen LogP contribution in [0.25, 0.3) is 0 Å². The van der Waals surface area contributed by atoms with Crippen molar-refractivity contribution in [2.24, 2.45) is 5.92 Å². The third kappa shape index (κ3) is 4.18. The van der Waals surface area contributed by atoms with E-state index >= 15 is 0 Å². The maximum atomic E-state index is 11.8. The smallest absolute Gasteiger partial charge is 0.293 e. The van der Waals surface area contributed by atoms with E-state index in [1.165, 1.54) is 32.0 Å². The van der Waals surface area contributed by atoms with Crippen molar-refractivity contribution in [2.75, 3.05) is 33.0 Å². The van der Waals surface area contributed by atoms with E-state index in [4.69, 9.17) is 0 Å². The van der Waals surface area contributed by atoms with Crippen molar-refractivity contribution in [3.8, 4) is 0 Å². The number of nitro benzene ring substituents is 1. The molecular weight excluding hydrogens is 320 g/mol. The van der Waals surface area contributed by atoms with Gasteiger partial charge in [-0.25, -0.2) is 13.1 Å². The highest BCUT2D eigenvalue weighted by Crippen LogP contribution is 2.35. The highest BCUT2D eigenvalue weighted by Gasteiger charge is 2.32. The maximum absolute atomic E-state index is 11.8. The topological polar surface area (TPSA) is 105 Å². The van der Waals surface area contributed by atoms with Gasteiger partial charge in [-0.1, -0.05) is 0 Å². The van der Waals surface area contributed by atoms with E-state index in [1.807, 2.05) is 14.1 Å². The second-order valence-electron chi connectivity index (χ2n) is 5.89. The molecule has 1 aliphatic rings. The Bertz CT molecular complexity index is 684. The molecule has 0 spiro atoms. The number of sulfonamides is 1. The number of nitro groups is 1. The van der Waals surface area contributed by atoms with Gasteiger partial charge in [0.05, 0.1) is 9.82 Å². The third-order valence-electron chi connectivity index (χ3n) is 4.08. The summed E-state index contributed by atoms with van der Waals surface area (Å²) in [5.74, 6) is 0.612. The monoisotopic (exact) mass is 342 g/mol. The molecule has 128 valence electrons. The summed E-state index contributed by atoms with van der Waals surface area (Å²) in [6.07, 6.45) is 2.35. The molecule has 0 saturated heterocycles. The van der Waals surface area contributed by atoms with E-state index in [-0.39, 0.29) is 10.6 Å². The number of rotatable bonds is 8. The molecule has 1 saturated carbocycles. The van der Waals surface area contributed by atoms with Crippen LogP contribution in [0, 0.1) is 16.0 Å². The van der Waals surface area contributed by atoms with Crippen LogP contribution in [0.5, 0.6) is 0 Å². The molecule has 2 N–H and O–H groups in total. The quantitative estimate of drug-likeness (QED) is 0.544. The number of nitrogens with zero attached hydrogens (tertiary/aromatic N) is 2. The second kappa shape index (κ2) is 6.81. The van der Waals surface area contributed by atoms with Crippen LogP contribution < -0.4 is 10.0 Å². The number of hydrogen-bond acceptors (Lipinski definition) is 6. The molecule has 0 amide bonds. The van der Waals surface area contributed by atoms with Gasteiger partial charge in [-0.15, -0.1) is 0 Å². The first-order valence-electron chi connectivity index (χ1n) is 7.38. The SMILES string of the molecule is CNS(=O)(=O)c1ccc(NC[C@@H](C2CC2)N(C)C)c([N+](=O)[O-])c1. The Morgan fingerprint density at radius 3 is 2.52 bits per heavy atom. The van der Waals surface area contributed by atoms with E-state index in [1.54, 1.807) is 0 Å². The van der Waals surface area contributed by atoms with E-state index in [0.29, 0.717) is 24.2 Å². The largest absolute Gasteiger partial charge is 0.378 e. The minimum absolute atomic E-state index is 0.122. The fourth-order valence-electron chi connectivity index (χ4n) is 2.56. The highest BCUT2D eigenvalue weighted by atomic mass is 32.2. The number of benzene rings is 1. The van der Waals surface area contributed by atoms with Crippen LogP contribution in [0.1, 0.15) is 12.8 Å². The number of nitrogens with one attached hydrogen (secondary N) is 2. The second-order valence-corrected chi connectivity index (χ2v) is 7.78. The van der Waals surface area contributed by atoms with Crippen LogP contribution in [0.4, 0.5) is 11.4 Å². The minimum Gasteiger partial charge on any atom is -0.378 e. The lowest BCUT2D eigenvalue weighted by Gasteiger charge is -2.24. The molecule has 8 nitrogen and oxygen atoms in total. The lowest BCUT2D eigenvalue weighted by Crippen LogP contribution is -2.36. The van der Waals surface area contributed by atoms with Gasteiger partial charge in [0.1, 0.15) is 5.69 Å². The summed E-state index contributed by atoms with van der Waals surface area (Å²) in [6, 6.07) is 4.19. The molecule has 23 heavy (non-hydrogen) atoms. The van der Waals surface area contributed by atoms with Gasteiger partial charge in [0.2, 0.25) is 10.0 Å². The van der Waals surface area contributed by atoms with Gasteiger partial charge in [-0.2, -0.15) is 0 Å². The van der Waals surface area contributed by atoms with Gasteiger partial charge in [0.25, 0.3) is 5.69 Å². The summed E-state index contributed by atoms with van der Waals surface area (Å²) < 4.78 is 25.7. The number of likely N-dealkylation sites (N-methyl/N-ethyl adjacent to an activating group) is 1. The molecule has 0 aromatic heterocycles. The van der Waals surface area contributed by atoms with Crippen molar-refractivity contribution in [1.82, 2.24) is 9.62 Å². The number of hydrogen-bond donors (Lipinski definition) is 2. The summed E-state index contributed by atoms with van der Waals surface area (Å²) >= 11 is 0. The average Bonchev–Trinajstić information content (AvgIpc) is 3.31. The normalized spacial score (nSPS) is 16.3. The summed E-state index contributed by atoms with van der Waals surface area (Å²) in [5.41, 5.74) is 0.0900. The van der Waals surface area contributed by atoms with Gasteiger partial charge in [0, 0.05) is 18.7 Å². The zero-order valence-electron chi connectivity index (χ0n) is 13.4. The Kier molecular flexibility index (Phi) is 5.23. The molecule has 1 fully saturated rings. The fraction of sp³-hybridized carbons (Fsp3) is 0.571. The number of anilines is 1. The molecule has 1 aromatic carbocycles. The molecule has 1 aromatic rings. The molecule has 0 bridgehead atoms. The summed E-state index contributed by atoms with van der Waals surface area (Å²) in [4.78, 5) is 12.7. The van der Waals surface area contributed by atoms with Crippen LogP contribution in [0.15, 0.2) is 23.1 Å². The van der Waals surface area contributed by atoms with E-state index in [2.05, 4.69) is 14.9 Å². The highest BCUT2D eigenvalue weighted by molar-refractivity contribution is 7.89. The Labute approximate surface area is 136 Å². The van der Waals surface area contributed by atoms with E-state index < -0.39 is 14.9 Å². The standard InChI is InChI=1S/C14H22N4O4S/c1-15-23(21,22)11-6-7-12(13(8-11)18(19)20)16-9-14(17(2)3)10-4-5-10/h6-8,10,14-16H,4-5,9H2,1-3H3/t14-/m0/s1. The average molecular weight is 342 g/mol.